The fourth-order valence-corrected chi connectivity index (χ4v) is 2.30. The van der Waals surface area contributed by atoms with Gasteiger partial charge in [-0.1, -0.05) is 34.8 Å². The summed E-state index contributed by atoms with van der Waals surface area (Å²) < 4.78 is 0. The summed E-state index contributed by atoms with van der Waals surface area (Å²) in [5.74, 6) is 0. The normalized spacial score (nSPS) is 10.0. The maximum atomic E-state index is 8.88. The van der Waals surface area contributed by atoms with E-state index in [1.807, 2.05) is 0 Å². The summed E-state index contributed by atoms with van der Waals surface area (Å²) in [5.41, 5.74) is 2.16. The first-order valence-electron chi connectivity index (χ1n) is 4.75. The minimum absolute atomic E-state index is 0.503. The van der Waals surface area contributed by atoms with Crippen molar-refractivity contribution in [3.8, 4) is 17.2 Å². The van der Waals surface area contributed by atoms with Gasteiger partial charge >= 0.3 is 0 Å². The average Bonchev–Trinajstić information content (AvgIpc) is 2.26. The van der Waals surface area contributed by atoms with Crippen LogP contribution in [0, 0.1) is 11.3 Å². The molecule has 0 fully saturated rings. The Morgan fingerprint density at radius 3 is 1.71 bits per heavy atom. The lowest BCUT2D eigenvalue weighted by atomic mass is 10.0. The first-order valence-corrected chi connectivity index (χ1v) is 5.89. The SMILES string of the molecule is N#Cc1cc(Cl)cc(-c2cc(Cl)cc(Cl)c2)c1. The third-order valence-corrected chi connectivity index (χ3v) is 2.88. The van der Waals surface area contributed by atoms with Gasteiger partial charge in [0.25, 0.3) is 0 Å². The molecule has 0 aliphatic heterocycles. The zero-order valence-electron chi connectivity index (χ0n) is 8.55. The van der Waals surface area contributed by atoms with E-state index < -0.39 is 0 Å². The molecule has 0 amide bonds. The molecule has 0 N–H and O–H groups in total. The third kappa shape index (κ3) is 2.92. The zero-order valence-corrected chi connectivity index (χ0v) is 10.8. The van der Waals surface area contributed by atoms with E-state index in [-0.39, 0.29) is 0 Å². The molecule has 17 heavy (non-hydrogen) atoms. The molecule has 0 radical (unpaired) electrons. The highest BCUT2D eigenvalue weighted by atomic mass is 35.5. The van der Waals surface area contributed by atoms with Crippen LogP contribution < -0.4 is 0 Å². The van der Waals surface area contributed by atoms with Crippen LogP contribution in [-0.2, 0) is 0 Å². The predicted octanol–water partition coefficient (Wildman–Crippen LogP) is 5.19. The minimum Gasteiger partial charge on any atom is -0.192 e. The van der Waals surface area contributed by atoms with Crippen LogP contribution in [0.5, 0.6) is 0 Å². The van der Waals surface area contributed by atoms with Gasteiger partial charge in [-0.2, -0.15) is 5.26 Å². The molecule has 0 heterocycles. The van der Waals surface area contributed by atoms with Gasteiger partial charge in [-0.25, -0.2) is 0 Å². The highest BCUT2D eigenvalue weighted by molar-refractivity contribution is 6.35. The summed E-state index contributed by atoms with van der Waals surface area (Å²) in [7, 11) is 0. The number of halogens is 3. The summed E-state index contributed by atoms with van der Waals surface area (Å²) in [6, 6.07) is 12.4. The van der Waals surface area contributed by atoms with E-state index in [0.717, 1.165) is 11.1 Å². The van der Waals surface area contributed by atoms with Gasteiger partial charge in [0.1, 0.15) is 0 Å². The highest BCUT2D eigenvalue weighted by Crippen LogP contribution is 2.29. The summed E-state index contributed by atoms with van der Waals surface area (Å²) in [6.07, 6.45) is 0. The van der Waals surface area contributed by atoms with Gasteiger partial charge in [-0.05, 0) is 47.5 Å². The first kappa shape index (κ1) is 12.3. The fourth-order valence-electron chi connectivity index (χ4n) is 1.54. The van der Waals surface area contributed by atoms with Gasteiger partial charge in [0, 0.05) is 15.1 Å². The van der Waals surface area contributed by atoms with Crippen molar-refractivity contribution < 1.29 is 0 Å². The van der Waals surface area contributed by atoms with Crippen LogP contribution in [0.4, 0.5) is 0 Å². The highest BCUT2D eigenvalue weighted by Gasteiger charge is 2.04. The Labute approximate surface area is 114 Å². The van der Waals surface area contributed by atoms with Crippen molar-refractivity contribution in [1.29, 1.82) is 5.26 Å². The molecule has 2 aromatic rings. The molecule has 2 rings (SSSR count). The van der Waals surface area contributed by atoms with Gasteiger partial charge < -0.3 is 0 Å². The molecule has 0 saturated carbocycles. The van der Waals surface area contributed by atoms with E-state index in [9.17, 15) is 0 Å². The van der Waals surface area contributed by atoms with Gasteiger partial charge in [0.2, 0.25) is 0 Å². The van der Waals surface area contributed by atoms with E-state index >= 15 is 0 Å². The summed E-state index contributed by atoms with van der Waals surface area (Å²) in [5, 5.41) is 10.5. The van der Waals surface area contributed by atoms with Crippen molar-refractivity contribution in [3.05, 3.63) is 57.0 Å². The molecule has 0 atom stereocenters. The smallest absolute Gasteiger partial charge is 0.0992 e. The van der Waals surface area contributed by atoms with Crippen LogP contribution in [0.1, 0.15) is 5.56 Å². The van der Waals surface area contributed by atoms with E-state index in [0.29, 0.717) is 20.6 Å². The van der Waals surface area contributed by atoms with E-state index in [1.165, 1.54) is 0 Å². The van der Waals surface area contributed by atoms with Crippen molar-refractivity contribution in [2.45, 2.75) is 0 Å². The number of benzene rings is 2. The molecular formula is C13H6Cl3N. The van der Waals surface area contributed by atoms with Crippen LogP contribution in [0.15, 0.2) is 36.4 Å². The Bertz CT molecular complexity index is 594. The number of hydrogen-bond donors (Lipinski definition) is 0. The van der Waals surface area contributed by atoms with E-state index in [2.05, 4.69) is 6.07 Å². The number of nitrogens with zero attached hydrogens (tertiary/aromatic N) is 1. The molecule has 0 spiro atoms. The van der Waals surface area contributed by atoms with Gasteiger partial charge in [0.05, 0.1) is 11.6 Å². The molecule has 0 unspecified atom stereocenters. The largest absolute Gasteiger partial charge is 0.192 e. The quantitative estimate of drug-likeness (QED) is 0.706. The molecule has 2 aromatic carbocycles. The fraction of sp³-hybridized carbons (Fsp3) is 0. The van der Waals surface area contributed by atoms with E-state index in [1.54, 1.807) is 36.4 Å². The Morgan fingerprint density at radius 2 is 1.18 bits per heavy atom. The van der Waals surface area contributed by atoms with Crippen molar-refractivity contribution in [2.24, 2.45) is 0 Å². The Balaban J connectivity index is 2.60. The molecule has 0 bridgehead atoms. The summed E-state index contributed by atoms with van der Waals surface area (Å²) in [4.78, 5) is 0. The van der Waals surface area contributed by atoms with Crippen molar-refractivity contribution in [3.63, 3.8) is 0 Å². The molecule has 0 aromatic heterocycles. The van der Waals surface area contributed by atoms with Crippen LogP contribution in [0.2, 0.25) is 15.1 Å². The monoisotopic (exact) mass is 281 g/mol. The lowest BCUT2D eigenvalue weighted by Crippen LogP contribution is -1.82. The summed E-state index contributed by atoms with van der Waals surface area (Å²) in [6.45, 7) is 0. The van der Waals surface area contributed by atoms with Gasteiger partial charge in [-0.15, -0.1) is 0 Å². The topological polar surface area (TPSA) is 23.8 Å². The molecule has 84 valence electrons. The number of rotatable bonds is 1. The van der Waals surface area contributed by atoms with Crippen molar-refractivity contribution in [2.75, 3.05) is 0 Å². The van der Waals surface area contributed by atoms with Crippen molar-refractivity contribution >= 4 is 34.8 Å². The predicted molar refractivity (Wildman–Crippen MR) is 71.6 cm³/mol. The lowest BCUT2D eigenvalue weighted by molar-refractivity contribution is 1.48. The molecule has 4 heteroatoms. The molecule has 0 aliphatic rings. The minimum atomic E-state index is 0.503. The first-order chi connectivity index (χ1) is 8.08. The average molecular weight is 283 g/mol. The maximum Gasteiger partial charge on any atom is 0.0992 e. The molecule has 0 saturated heterocycles. The van der Waals surface area contributed by atoms with Gasteiger partial charge in [-0.3, -0.25) is 0 Å². The maximum absolute atomic E-state index is 8.88. The standard InChI is InChI=1S/C13H6Cl3N/c14-11-2-8(7-17)1-9(3-11)10-4-12(15)6-13(16)5-10/h1-6H. The number of hydrogen-bond acceptors (Lipinski definition) is 1. The Kier molecular flexibility index (Phi) is 3.59. The Hall–Kier alpha value is -1.20. The second-order valence-corrected chi connectivity index (χ2v) is 4.81. The van der Waals surface area contributed by atoms with Crippen LogP contribution >= 0.6 is 34.8 Å². The molecule has 0 aliphatic carbocycles. The second-order valence-electron chi connectivity index (χ2n) is 3.50. The van der Waals surface area contributed by atoms with Crippen molar-refractivity contribution in [1.82, 2.24) is 0 Å². The molecule has 1 nitrogen and oxygen atoms in total. The summed E-state index contributed by atoms with van der Waals surface area (Å²) >= 11 is 17.8. The third-order valence-electron chi connectivity index (χ3n) is 2.22. The number of nitriles is 1. The molecular weight excluding hydrogens is 277 g/mol. The second kappa shape index (κ2) is 4.98. The van der Waals surface area contributed by atoms with Crippen LogP contribution in [-0.4, -0.2) is 0 Å². The lowest BCUT2D eigenvalue weighted by Gasteiger charge is -2.05. The van der Waals surface area contributed by atoms with Crippen LogP contribution in [0.3, 0.4) is 0 Å². The van der Waals surface area contributed by atoms with Crippen LogP contribution in [0.25, 0.3) is 11.1 Å². The van der Waals surface area contributed by atoms with Gasteiger partial charge in [0.15, 0.2) is 0 Å². The Morgan fingerprint density at radius 1 is 0.706 bits per heavy atom. The zero-order chi connectivity index (χ0) is 12.4. The van der Waals surface area contributed by atoms with E-state index in [4.69, 9.17) is 40.1 Å².